The van der Waals surface area contributed by atoms with Crippen LogP contribution in [0.5, 0.6) is 0 Å². The fourth-order valence-corrected chi connectivity index (χ4v) is 2.83. The van der Waals surface area contributed by atoms with Gasteiger partial charge < -0.3 is 10.6 Å². The van der Waals surface area contributed by atoms with Gasteiger partial charge in [0.25, 0.3) is 0 Å². The molecule has 0 unspecified atom stereocenters. The Kier molecular flexibility index (Phi) is 3.27. The van der Waals surface area contributed by atoms with Crippen molar-refractivity contribution in [2.75, 3.05) is 6.54 Å². The summed E-state index contributed by atoms with van der Waals surface area (Å²) in [4.78, 5) is 19.1. The maximum atomic E-state index is 12.8. The summed E-state index contributed by atoms with van der Waals surface area (Å²) in [6, 6.07) is 6.28. The smallest absolute Gasteiger partial charge is 0.230 e. The second-order valence-electron chi connectivity index (χ2n) is 5.82. The number of amides is 1. The lowest BCUT2D eigenvalue weighted by molar-refractivity contribution is -0.148. The Hall–Kier alpha value is -1.42. The van der Waals surface area contributed by atoms with Crippen molar-refractivity contribution in [3.05, 3.63) is 30.1 Å². The van der Waals surface area contributed by atoms with Gasteiger partial charge in [-0.3, -0.25) is 9.78 Å². The first-order chi connectivity index (χ1) is 9.25. The predicted molar refractivity (Wildman–Crippen MR) is 73.1 cm³/mol. The molecule has 19 heavy (non-hydrogen) atoms. The van der Waals surface area contributed by atoms with Gasteiger partial charge in [-0.05, 0) is 37.8 Å². The molecule has 1 aromatic heterocycles. The Balaban J connectivity index is 1.76. The molecule has 102 valence electrons. The Morgan fingerprint density at radius 2 is 2.21 bits per heavy atom. The molecule has 0 bridgehead atoms. The number of nitrogens with two attached hydrogens (primary N) is 1. The molecular formula is C15H21N3O. The summed E-state index contributed by atoms with van der Waals surface area (Å²) in [5.41, 5.74) is 6.56. The van der Waals surface area contributed by atoms with Crippen LogP contribution in [-0.4, -0.2) is 28.4 Å². The fraction of sp³-hybridized carbons (Fsp3) is 0.600. The highest BCUT2D eigenvalue weighted by Gasteiger charge is 2.48. The third kappa shape index (κ3) is 2.37. The Labute approximate surface area is 114 Å². The molecule has 0 atom stereocenters. The summed E-state index contributed by atoms with van der Waals surface area (Å²) in [5.74, 6) is 0.259. The first kappa shape index (κ1) is 12.6. The average Bonchev–Trinajstić information content (AvgIpc) is 3.21. The molecule has 2 N–H and O–H groups in total. The van der Waals surface area contributed by atoms with E-state index in [1.54, 1.807) is 6.20 Å². The Morgan fingerprint density at radius 3 is 2.68 bits per heavy atom. The summed E-state index contributed by atoms with van der Waals surface area (Å²) >= 11 is 0. The molecule has 3 rings (SSSR count). The van der Waals surface area contributed by atoms with E-state index in [1.807, 2.05) is 23.1 Å². The van der Waals surface area contributed by atoms with Crippen LogP contribution in [0.2, 0.25) is 0 Å². The number of pyridine rings is 1. The lowest BCUT2D eigenvalue weighted by Crippen LogP contribution is -2.52. The molecule has 0 radical (unpaired) electrons. The van der Waals surface area contributed by atoms with Gasteiger partial charge >= 0.3 is 0 Å². The van der Waals surface area contributed by atoms with Gasteiger partial charge in [-0.15, -0.1) is 0 Å². The van der Waals surface area contributed by atoms with E-state index in [9.17, 15) is 4.79 Å². The molecule has 0 saturated heterocycles. The van der Waals surface area contributed by atoms with Gasteiger partial charge in [-0.1, -0.05) is 12.5 Å². The molecule has 4 heteroatoms. The van der Waals surface area contributed by atoms with E-state index in [0.717, 1.165) is 37.8 Å². The lowest BCUT2D eigenvalue weighted by Gasteiger charge is -2.42. The van der Waals surface area contributed by atoms with E-state index in [-0.39, 0.29) is 11.3 Å². The molecule has 4 nitrogen and oxygen atoms in total. The largest absolute Gasteiger partial charge is 0.333 e. The van der Waals surface area contributed by atoms with Crippen molar-refractivity contribution >= 4 is 5.91 Å². The maximum Gasteiger partial charge on any atom is 0.230 e. The van der Waals surface area contributed by atoms with Crippen molar-refractivity contribution < 1.29 is 4.79 Å². The van der Waals surface area contributed by atoms with Gasteiger partial charge in [-0.25, -0.2) is 0 Å². The highest BCUT2D eigenvalue weighted by molar-refractivity contribution is 5.84. The minimum absolute atomic E-state index is 0.259. The summed E-state index contributed by atoms with van der Waals surface area (Å²) in [6.45, 7) is 1.11. The standard InChI is InChI=1S/C15H21N3O/c16-11-15(7-3-8-15)14(19)18(13-5-6-13)10-12-4-1-2-9-17-12/h1-2,4,9,13H,3,5-8,10-11,16H2. The minimum Gasteiger partial charge on any atom is -0.333 e. The second kappa shape index (κ2) is 4.93. The van der Waals surface area contributed by atoms with Crippen molar-refractivity contribution in [3.8, 4) is 0 Å². The molecule has 2 aliphatic rings. The minimum atomic E-state index is -0.266. The molecule has 1 amide bonds. The molecule has 0 aliphatic heterocycles. The average molecular weight is 259 g/mol. The number of rotatable bonds is 5. The normalized spacial score (nSPS) is 20.7. The number of carbonyl (C=O) groups excluding carboxylic acids is 1. The van der Waals surface area contributed by atoms with Crippen LogP contribution in [0.3, 0.4) is 0 Å². The zero-order valence-electron chi connectivity index (χ0n) is 11.2. The highest BCUT2D eigenvalue weighted by Crippen LogP contribution is 2.44. The topological polar surface area (TPSA) is 59.2 Å². The number of hydrogen-bond donors (Lipinski definition) is 1. The van der Waals surface area contributed by atoms with Crippen LogP contribution in [0.15, 0.2) is 24.4 Å². The first-order valence-electron chi connectivity index (χ1n) is 7.16. The summed E-state index contributed by atoms with van der Waals surface area (Å²) < 4.78 is 0. The van der Waals surface area contributed by atoms with E-state index < -0.39 is 0 Å². The van der Waals surface area contributed by atoms with E-state index in [2.05, 4.69) is 4.98 Å². The molecular weight excluding hydrogens is 238 g/mol. The van der Waals surface area contributed by atoms with E-state index in [1.165, 1.54) is 0 Å². The van der Waals surface area contributed by atoms with Crippen molar-refractivity contribution in [3.63, 3.8) is 0 Å². The predicted octanol–water partition coefficient (Wildman–Crippen LogP) is 1.70. The van der Waals surface area contributed by atoms with E-state index in [4.69, 9.17) is 5.73 Å². The van der Waals surface area contributed by atoms with Crippen LogP contribution >= 0.6 is 0 Å². The first-order valence-corrected chi connectivity index (χ1v) is 7.16. The van der Waals surface area contributed by atoms with Gasteiger partial charge in [0, 0.05) is 18.8 Å². The van der Waals surface area contributed by atoms with Crippen molar-refractivity contribution in [2.45, 2.75) is 44.7 Å². The Morgan fingerprint density at radius 1 is 1.42 bits per heavy atom. The third-order valence-corrected chi connectivity index (χ3v) is 4.46. The fourth-order valence-electron chi connectivity index (χ4n) is 2.83. The monoisotopic (exact) mass is 259 g/mol. The molecule has 2 saturated carbocycles. The molecule has 1 heterocycles. The van der Waals surface area contributed by atoms with Crippen LogP contribution in [0.4, 0.5) is 0 Å². The van der Waals surface area contributed by atoms with E-state index in [0.29, 0.717) is 19.1 Å². The zero-order valence-corrected chi connectivity index (χ0v) is 11.2. The SMILES string of the molecule is NCC1(C(=O)N(Cc2ccccn2)C2CC2)CCC1. The van der Waals surface area contributed by atoms with Crippen molar-refractivity contribution in [1.82, 2.24) is 9.88 Å². The van der Waals surface area contributed by atoms with Crippen molar-refractivity contribution in [2.24, 2.45) is 11.1 Å². The number of hydrogen-bond acceptors (Lipinski definition) is 3. The molecule has 2 aliphatic carbocycles. The van der Waals surface area contributed by atoms with Gasteiger partial charge in [0.2, 0.25) is 5.91 Å². The molecule has 0 aromatic carbocycles. The quantitative estimate of drug-likeness (QED) is 0.875. The van der Waals surface area contributed by atoms with Crippen molar-refractivity contribution in [1.29, 1.82) is 0 Å². The van der Waals surface area contributed by atoms with Crippen LogP contribution in [0.25, 0.3) is 0 Å². The summed E-state index contributed by atoms with van der Waals surface area (Å²) in [5, 5.41) is 0. The zero-order chi connectivity index (χ0) is 13.3. The van der Waals surface area contributed by atoms with E-state index >= 15 is 0 Å². The molecule has 1 aromatic rings. The molecule has 2 fully saturated rings. The highest BCUT2D eigenvalue weighted by atomic mass is 16.2. The lowest BCUT2D eigenvalue weighted by atomic mass is 9.67. The maximum absolute atomic E-state index is 12.8. The second-order valence-corrected chi connectivity index (χ2v) is 5.82. The Bertz CT molecular complexity index is 446. The van der Waals surface area contributed by atoms with Gasteiger partial charge in [0.15, 0.2) is 0 Å². The van der Waals surface area contributed by atoms with Crippen LogP contribution in [0.1, 0.15) is 37.8 Å². The van der Waals surface area contributed by atoms with Gasteiger partial charge in [0.05, 0.1) is 17.7 Å². The van der Waals surface area contributed by atoms with Crippen LogP contribution in [-0.2, 0) is 11.3 Å². The summed E-state index contributed by atoms with van der Waals surface area (Å²) in [6.07, 6.45) is 7.07. The number of nitrogens with zero attached hydrogens (tertiary/aromatic N) is 2. The third-order valence-electron chi connectivity index (χ3n) is 4.46. The molecule has 0 spiro atoms. The van der Waals surface area contributed by atoms with Crippen LogP contribution in [0, 0.1) is 5.41 Å². The number of carbonyl (C=O) groups is 1. The summed E-state index contributed by atoms with van der Waals surface area (Å²) in [7, 11) is 0. The number of aromatic nitrogens is 1. The van der Waals surface area contributed by atoms with Crippen LogP contribution < -0.4 is 5.73 Å². The van der Waals surface area contributed by atoms with Gasteiger partial charge in [-0.2, -0.15) is 0 Å². The van der Waals surface area contributed by atoms with Gasteiger partial charge in [0.1, 0.15) is 0 Å².